The Kier molecular flexibility index (Phi) is 8.89. The maximum atomic E-state index is 16.0. The van der Waals surface area contributed by atoms with Gasteiger partial charge >= 0.3 is 0 Å². The standard InChI is InChI=1S/C31H41Cl2FN4O3/c1-30(2,3)18-24-31(21-10-9-19(32)17-23(21)36-29(31)40)25(20-7-5-8-22(33)26(20)34)27(37(24)4)28(39)35-11-6-12-38-13-15-41-16-14-38/h5,7-9,17,21,24-25,27H,6,10-16,18H2,1-4H3,(H,35,39)(H,36,40)/t21?,24-,25+,27-,31+/m1/s1. The lowest BCUT2D eigenvalue weighted by Crippen LogP contribution is -2.50. The number of morpholine rings is 1. The smallest absolute Gasteiger partial charge is 0.238 e. The summed E-state index contributed by atoms with van der Waals surface area (Å²) in [5.41, 5.74) is -0.245. The number of nitrogens with zero attached hydrogens (tertiary/aromatic N) is 2. The highest BCUT2D eigenvalue weighted by molar-refractivity contribution is 6.31. The number of allylic oxidation sites excluding steroid dienone is 4. The largest absolute Gasteiger partial charge is 0.379 e. The number of halogens is 3. The summed E-state index contributed by atoms with van der Waals surface area (Å²) in [5, 5.41) is 6.78. The number of likely N-dealkylation sites (tertiary alicyclic amines) is 1. The molecular weight excluding hydrogens is 566 g/mol. The predicted molar refractivity (Wildman–Crippen MR) is 159 cm³/mol. The molecule has 4 aliphatic rings. The number of rotatable bonds is 7. The Balaban J connectivity index is 1.55. The summed E-state index contributed by atoms with van der Waals surface area (Å²) >= 11 is 12.7. The van der Waals surface area contributed by atoms with Crippen molar-refractivity contribution in [2.45, 2.75) is 58.0 Å². The monoisotopic (exact) mass is 606 g/mol. The Morgan fingerprint density at radius 2 is 1.98 bits per heavy atom. The molecule has 1 aliphatic carbocycles. The van der Waals surface area contributed by atoms with E-state index in [-0.39, 0.29) is 34.2 Å². The van der Waals surface area contributed by atoms with E-state index in [0.717, 1.165) is 45.0 Å². The number of hydrogen-bond donors (Lipinski definition) is 2. The molecule has 3 fully saturated rings. The first-order chi connectivity index (χ1) is 19.4. The van der Waals surface area contributed by atoms with Crippen LogP contribution in [0.25, 0.3) is 0 Å². The zero-order valence-electron chi connectivity index (χ0n) is 24.3. The molecule has 1 spiro atoms. The Bertz CT molecular complexity index is 1240. The molecule has 7 nitrogen and oxygen atoms in total. The minimum Gasteiger partial charge on any atom is -0.379 e. The van der Waals surface area contributed by atoms with Crippen LogP contribution in [0.1, 0.15) is 51.5 Å². The van der Waals surface area contributed by atoms with E-state index in [0.29, 0.717) is 30.0 Å². The van der Waals surface area contributed by atoms with Crippen molar-refractivity contribution in [1.82, 2.24) is 20.4 Å². The van der Waals surface area contributed by atoms with Crippen LogP contribution in [0.3, 0.4) is 0 Å². The van der Waals surface area contributed by atoms with Crippen LogP contribution in [-0.4, -0.2) is 80.1 Å². The Labute approximate surface area is 252 Å². The van der Waals surface area contributed by atoms with Gasteiger partial charge in [-0.3, -0.25) is 19.4 Å². The molecule has 0 aromatic heterocycles. The molecule has 1 aromatic carbocycles. The third-order valence-corrected chi connectivity index (χ3v) is 9.76. The minimum atomic E-state index is -1.11. The van der Waals surface area contributed by atoms with Crippen molar-refractivity contribution < 1.29 is 18.7 Å². The van der Waals surface area contributed by atoms with Gasteiger partial charge in [0.25, 0.3) is 0 Å². The van der Waals surface area contributed by atoms with Crippen LogP contribution < -0.4 is 10.6 Å². The highest BCUT2D eigenvalue weighted by Crippen LogP contribution is 2.63. The van der Waals surface area contributed by atoms with Crippen LogP contribution in [0, 0.1) is 22.6 Å². The van der Waals surface area contributed by atoms with Crippen LogP contribution in [0.2, 0.25) is 5.02 Å². The fourth-order valence-electron chi connectivity index (χ4n) is 7.48. The summed E-state index contributed by atoms with van der Waals surface area (Å²) in [6.07, 6.45) is 5.65. The lowest BCUT2D eigenvalue weighted by Gasteiger charge is -2.42. The number of hydrogen-bond acceptors (Lipinski definition) is 5. The first-order valence-corrected chi connectivity index (χ1v) is 15.3. The summed E-state index contributed by atoms with van der Waals surface area (Å²) in [6, 6.07) is 3.77. The van der Waals surface area contributed by atoms with Crippen molar-refractivity contribution in [3.05, 3.63) is 57.5 Å². The van der Waals surface area contributed by atoms with Crippen molar-refractivity contribution in [3.8, 4) is 0 Å². The second kappa shape index (κ2) is 12.0. The van der Waals surface area contributed by atoms with E-state index in [2.05, 4.69) is 36.3 Å². The van der Waals surface area contributed by atoms with Gasteiger partial charge in [0.2, 0.25) is 11.8 Å². The van der Waals surface area contributed by atoms with Crippen molar-refractivity contribution in [2.75, 3.05) is 46.4 Å². The average Bonchev–Trinajstić information content (AvgIpc) is 3.34. The molecule has 0 saturated carbocycles. The van der Waals surface area contributed by atoms with Gasteiger partial charge in [-0.15, -0.1) is 0 Å². The highest BCUT2D eigenvalue weighted by atomic mass is 35.5. The number of likely N-dealkylation sites (N-methyl/N-ethyl adjacent to an activating group) is 1. The maximum absolute atomic E-state index is 16.0. The van der Waals surface area contributed by atoms with Crippen molar-refractivity contribution >= 4 is 35.0 Å². The molecule has 224 valence electrons. The fourth-order valence-corrected chi connectivity index (χ4v) is 7.86. The zero-order chi connectivity index (χ0) is 29.5. The van der Waals surface area contributed by atoms with E-state index in [1.807, 2.05) is 18.0 Å². The lowest BCUT2D eigenvalue weighted by atomic mass is 9.58. The number of nitrogens with one attached hydrogen (secondary N) is 2. The normalized spacial score (nSPS) is 30.7. The number of amides is 2. The SMILES string of the molecule is CN1[C@@H](C(=O)NCCCN2CCOCC2)[C@H](c2cccc(Cl)c2F)[C@@]2(C(=O)NC3=CC(Cl)=CCC32)[C@H]1CC(C)(C)C. The molecule has 10 heteroatoms. The van der Waals surface area contributed by atoms with E-state index in [9.17, 15) is 9.59 Å². The summed E-state index contributed by atoms with van der Waals surface area (Å²) in [6.45, 7) is 11.0. The summed E-state index contributed by atoms with van der Waals surface area (Å²) < 4.78 is 21.4. The van der Waals surface area contributed by atoms with Gasteiger partial charge in [-0.2, -0.15) is 0 Å². The van der Waals surface area contributed by atoms with Crippen molar-refractivity contribution in [2.24, 2.45) is 16.7 Å². The molecule has 3 heterocycles. The number of fused-ring (bicyclic) bond motifs is 2. The summed E-state index contributed by atoms with van der Waals surface area (Å²) in [4.78, 5) is 32.8. The van der Waals surface area contributed by atoms with Crippen LogP contribution in [0.4, 0.5) is 4.39 Å². The quantitative estimate of drug-likeness (QED) is 0.442. The van der Waals surface area contributed by atoms with E-state index in [4.69, 9.17) is 27.9 Å². The molecule has 5 rings (SSSR count). The fraction of sp³-hybridized carbons (Fsp3) is 0.613. The van der Waals surface area contributed by atoms with Gasteiger partial charge in [0.15, 0.2) is 0 Å². The van der Waals surface area contributed by atoms with Crippen LogP contribution >= 0.6 is 23.2 Å². The van der Waals surface area contributed by atoms with Gasteiger partial charge < -0.3 is 15.4 Å². The third kappa shape index (κ3) is 5.70. The molecule has 3 saturated heterocycles. The van der Waals surface area contributed by atoms with Gasteiger partial charge in [-0.25, -0.2) is 4.39 Å². The van der Waals surface area contributed by atoms with E-state index < -0.39 is 23.2 Å². The van der Waals surface area contributed by atoms with Crippen LogP contribution in [0.15, 0.2) is 41.1 Å². The maximum Gasteiger partial charge on any atom is 0.238 e. The minimum absolute atomic E-state index is 0.0231. The summed E-state index contributed by atoms with van der Waals surface area (Å²) in [5.74, 6) is -2.03. The van der Waals surface area contributed by atoms with Gasteiger partial charge in [0.05, 0.1) is 29.7 Å². The molecule has 3 aliphatic heterocycles. The van der Waals surface area contributed by atoms with Gasteiger partial charge in [-0.05, 0) is 56.0 Å². The molecule has 2 N–H and O–H groups in total. The first-order valence-electron chi connectivity index (χ1n) is 14.6. The predicted octanol–water partition coefficient (Wildman–Crippen LogP) is 4.66. The van der Waals surface area contributed by atoms with E-state index in [1.54, 1.807) is 18.2 Å². The van der Waals surface area contributed by atoms with Crippen LogP contribution in [-0.2, 0) is 14.3 Å². The van der Waals surface area contributed by atoms with E-state index >= 15 is 4.39 Å². The molecule has 5 atom stereocenters. The van der Waals surface area contributed by atoms with Crippen LogP contribution in [0.5, 0.6) is 0 Å². The Morgan fingerprint density at radius 3 is 2.68 bits per heavy atom. The lowest BCUT2D eigenvalue weighted by molar-refractivity contribution is -0.131. The summed E-state index contributed by atoms with van der Waals surface area (Å²) in [7, 11) is 1.90. The van der Waals surface area contributed by atoms with Gasteiger partial charge in [-0.1, -0.05) is 62.2 Å². The highest BCUT2D eigenvalue weighted by Gasteiger charge is 2.70. The second-order valence-electron chi connectivity index (χ2n) is 13.0. The van der Waals surface area contributed by atoms with E-state index in [1.165, 1.54) is 6.07 Å². The zero-order valence-corrected chi connectivity index (χ0v) is 25.8. The molecule has 1 aromatic rings. The molecular formula is C31H41Cl2FN4O3. The Morgan fingerprint density at radius 1 is 1.24 bits per heavy atom. The molecule has 0 bridgehead atoms. The van der Waals surface area contributed by atoms with Gasteiger partial charge in [0.1, 0.15) is 5.82 Å². The molecule has 41 heavy (non-hydrogen) atoms. The second-order valence-corrected chi connectivity index (χ2v) is 13.8. The average molecular weight is 608 g/mol. The number of ether oxygens (including phenoxy) is 1. The molecule has 0 radical (unpaired) electrons. The molecule has 1 unspecified atom stereocenters. The third-order valence-electron chi connectivity index (χ3n) is 9.20. The Hall–Kier alpha value is -1.97. The first kappa shape index (κ1) is 30.5. The number of carbonyl (C=O) groups excluding carboxylic acids is 2. The van der Waals surface area contributed by atoms with Gasteiger partial charge in [0, 0.05) is 48.2 Å². The molecule has 2 amide bonds. The topological polar surface area (TPSA) is 73.9 Å². The number of benzene rings is 1. The van der Waals surface area contributed by atoms with Crippen molar-refractivity contribution in [1.29, 1.82) is 0 Å². The van der Waals surface area contributed by atoms with Crippen molar-refractivity contribution in [3.63, 3.8) is 0 Å². The number of carbonyl (C=O) groups is 2.